The van der Waals surface area contributed by atoms with Crippen LogP contribution in [0.5, 0.6) is 5.75 Å². The summed E-state index contributed by atoms with van der Waals surface area (Å²) in [5, 5.41) is 0. The summed E-state index contributed by atoms with van der Waals surface area (Å²) in [6, 6.07) is 19.9. The Labute approximate surface area is 421 Å². The zero-order valence-corrected chi connectivity index (χ0v) is 42.2. The Balaban J connectivity index is 1.59. The Morgan fingerprint density at radius 2 is 1.16 bits per heavy atom. The van der Waals surface area contributed by atoms with Crippen LogP contribution in [0.3, 0.4) is 0 Å². The van der Waals surface area contributed by atoms with Crippen LogP contribution in [0.25, 0.3) is 11.1 Å². The van der Waals surface area contributed by atoms with Crippen LogP contribution in [0.2, 0.25) is 0 Å². The summed E-state index contributed by atoms with van der Waals surface area (Å²) in [7, 11) is -3.34. The molecule has 3 atom stereocenters. The van der Waals surface area contributed by atoms with Gasteiger partial charge >= 0.3 is 38.6 Å². The number of carbonyl (C=O) groups is 2. The van der Waals surface area contributed by atoms with Crippen LogP contribution in [0.4, 0.5) is 53.5 Å². The van der Waals surface area contributed by atoms with Gasteiger partial charge in [0.05, 0.1) is 56.2 Å². The fraction of sp³-hybridized carbons (Fsp3) is 0.385. The summed E-state index contributed by atoms with van der Waals surface area (Å²) in [5.74, 6) is -1.34. The lowest BCUT2D eigenvalue weighted by molar-refractivity contribution is -0.143. The quantitative estimate of drug-likeness (QED) is 0.0449. The fourth-order valence-electron chi connectivity index (χ4n) is 7.28. The van der Waals surface area contributed by atoms with E-state index in [0.29, 0.717) is 28.2 Å². The number of halogens is 10. The largest absolute Gasteiger partial charge is 0.509 e. The first-order valence-corrected chi connectivity index (χ1v) is 24.2. The van der Waals surface area contributed by atoms with Gasteiger partial charge in [0.2, 0.25) is 0 Å². The summed E-state index contributed by atoms with van der Waals surface area (Å²) >= 11 is 0. The third-order valence-corrected chi connectivity index (χ3v) is 12.3. The van der Waals surface area contributed by atoms with Crippen molar-refractivity contribution in [1.29, 1.82) is 0 Å². The molecule has 0 N–H and O–H groups in total. The Hall–Kier alpha value is -6.15. The summed E-state index contributed by atoms with van der Waals surface area (Å²) in [5.41, 5.74) is -6.47. The van der Waals surface area contributed by atoms with Gasteiger partial charge in [-0.25, -0.2) is 18.5 Å². The zero-order valence-electron chi connectivity index (χ0n) is 41.3. The van der Waals surface area contributed by atoms with E-state index in [0.717, 1.165) is 19.1 Å². The molecule has 0 aliphatic carbocycles. The molecule has 22 heteroatoms. The Morgan fingerprint density at radius 1 is 0.635 bits per heavy atom. The monoisotopic (exact) mass is 1070 g/mol. The van der Waals surface area contributed by atoms with E-state index in [1.165, 1.54) is 40.9 Å². The van der Waals surface area contributed by atoms with Crippen LogP contribution < -0.4 is 4.74 Å². The number of rotatable bonds is 19. The Kier molecular flexibility index (Phi) is 19.1. The maximum absolute atomic E-state index is 15.3. The van der Waals surface area contributed by atoms with Crippen LogP contribution in [-0.2, 0) is 70.6 Å². The van der Waals surface area contributed by atoms with E-state index in [9.17, 15) is 53.7 Å². The van der Waals surface area contributed by atoms with Gasteiger partial charge in [-0.05, 0) is 110 Å². The van der Waals surface area contributed by atoms with E-state index in [1.807, 2.05) is 0 Å². The molecule has 0 spiro atoms. The molecule has 3 unspecified atom stereocenters. The molecule has 5 aromatic rings. The first kappa shape index (κ1) is 58.7. The SMILES string of the molecule is COc1cc(F)c(C(C)C)cc1-c1ccc(C(F)(F)F)cc1CN(C(=O)OC(C)(C)C)C(C)C(OC(=O)OC(C)COP(=O)(OCc1ccccc1)OCc1ccccc1)c1cc(C(F)(F)F)cc(C(F)(F)F)c1. The summed E-state index contributed by atoms with van der Waals surface area (Å²) in [4.78, 5) is 28.8. The molecule has 5 rings (SSSR count). The summed E-state index contributed by atoms with van der Waals surface area (Å²) in [6.45, 7) is 7.46. The van der Waals surface area contributed by atoms with Crippen molar-refractivity contribution in [3.63, 3.8) is 0 Å². The molecule has 0 saturated carbocycles. The predicted octanol–water partition coefficient (Wildman–Crippen LogP) is 15.6. The standard InChI is InChI=1S/C52H54F10NO10P/c1-31(2)42-25-43(45(67-8)26-44(42)53)41-20-19-38(50(54,55)56)23-37(41)27-63(47(64)73-49(5,6)7)33(4)46(36-21-39(51(57,58)59)24-40(22-36)52(60,61)62)72-48(65)71-32(3)28-68-74(66,69-29-34-15-11-9-12-16-34)70-30-35-17-13-10-14-18-35/h9-26,31-33,46H,27-30H2,1-8H3. The minimum Gasteiger partial charge on any atom is -0.496 e. The third kappa shape index (κ3) is 16.4. The molecule has 0 aromatic heterocycles. The van der Waals surface area contributed by atoms with Crippen LogP contribution in [0, 0.1) is 5.82 Å². The molecule has 0 fully saturated rings. The number of alkyl halides is 9. The molecule has 0 aliphatic heterocycles. The molecule has 0 heterocycles. The Morgan fingerprint density at radius 3 is 1.64 bits per heavy atom. The van der Waals surface area contributed by atoms with Crippen molar-refractivity contribution < 1.29 is 90.6 Å². The number of benzene rings is 5. The van der Waals surface area contributed by atoms with Crippen molar-refractivity contribution in [3.05, 3.63) is 160 Å². The number of amides is 1. The van der Waals surface area contributed by atoms with Gasteiger partial charge in [-0.3, -0.25) is 18.5 Å². The molecule has 11 nitrogen and oxygen atoms in total. The number of phosphoric acid groups is 1. The average molecular weight is 1070 g/mol. The maximum Gasteiger partial charge on any atom is 0.509 e. The zero-order chi connectivity index (χ0) is 55.0. The smallest absolute Gasteiger partial charge is 0.496 e. The molecule has 74 heavy (non-hydrogen) atoms. The third-order valence-electron chi connectivity index (χ3n) is 11.0. The summed E-state index contributed by atoms with van der Waals surface area (Å²) < 4.78 is 198. The summed E-state index contributed by atoms with van der Waals surface area (Å²) in [6.07, 6.45) is -22.9. The lowest BCUT2D eigenvalue weighted by atomic mass is 9.91. The van der Waals surface area contributed by atoms with Crippen LogP contribution in [-0.4, -0.2) is 48.6 Å². The molecular weight excluding hydrogens is 1020 g/mol. The van der Waals surface area contributed by atoms with E-state index in [1.54, 1.807) is 74.5 Å². The highest BCUT2D eigenvalue weighted by Gasteiger charge is 2.42. The molecule has 1 amide bonds. The maximum atomic E-state index is 15.3. The van der Waals surface area contributed by atoms with E-state index in [-0.39, 0.29) is 59.4 Å². The second-order valence-electron chi connectivity index (χ2n) is 18.3. The number of hydrogen-bond donors (Lipinski definition) is 0. The van der Waals surface area contributed by atoms with Gasteiger partial charge in [0.15, 0.2) is 6.10 Å². The second-order valence-corrected chi connectivity index (χ2v) is 19.9. The van der Waals surface area contributed by atoms with Crippen LogP contribution in [0.1, 0.15) is 105 Å². The van der Waals surface area contributed by atoms with Crippen molar-refractivity contribution >= 4 is 20.1 Å². The van der Waals surface area contributed by atoms with Crippen molar-refractivity contribution in [2.45, 2.75) is 117 Å². The minimum atomic E-state index is -5.43. The first-order valence-electron chi connectivity index (χ1n) is 22.7. The molecule has 0 radical (unpaired) electrons. The molecule has 0 aliphatic rings. The predicted molar refractivity (Wildman–Crippen MR) is 251 cm³/mol. The number of nitrogens with zero attached hydrogens (tertiary/aromatic N) is 1. The van der Waals surface area contributed by atoms with Crippen molar-refractivity contribution in [2.75, 3.05) is 13.7 Å². The normalized spacial score (nSPS) is 13.8. The van der Waals surface area contributed by atoms with Gasteiger partial charge in [0.25, 0.3) is 0 Å². The van der Waals surface area contributed by atoms with Gasteiger partial charge < -0.3 is 18.9 Å². The average Bonchev–Trinajstić information content (AvgIpc) is 3.31. The molecule has 5 aromatic carbocycles. The van der Waals surface area contributed by atoms with Gasteiger partial charge in [-0.1, -0.05) is 80.6 Å². The lowest BCUT2D eigenvalue weighted by Crippen LogP contribution is -2.45. The van der Waals surface area contributed by atoms with Crippen molar-refractivity contribution in [3.8, 4) is 16.9 Å². The van der Waals surface area contributed by atoms with Crippen molar-refractivity contribution in [1.82, 2.24) is 4.90 Å². The first-order chi connectivity index (χ1) is 34.4. The van der Waals surface area contributed by atoms with Gasteiger partial charge in [-0.2, -0.15) is 39.5 Å². The lowest BCUT2D eigenvalue weighted by Gasteiger charge is -2.36. The van der Waals surface area contributed by atoms with Crippen LogP contribution in [0.15, 0.2) is 109 Å². The topological polar surface area (TPSA) is 119 Å². The highest BCUT2D eigenvalue weighted by atomic mass is 31.2. The molecule has 0 bridgehead atoms. The van der Waals surface area contributed by atoms with Gasteiger partial charge in [0, 0.05) is 11.6 Å². The number of methoxy groups -OCH3 is 1. The van der Waals surface area contributed by atoms with Crippen LogP contribution >= 0.6 is 7.82 Å². The highest BCUT2D eigenvalue weighted by Crippen LogP contribution is 2.51. The number of ether oxygens (including phenoxy) is 4. The van der Waals surface area contributed by atoms with E-state index in [2.05, 4.69) is 0 Å². The van der Waals surface area contributed by atoms with E-state index < -0.39 is 110 Å². The number of phosphoric ester groups is 1. The second kappa shape index (κ2) is 24.0. The number of hydrogen-bond acceptors (Lipinski definition) is 10. The van der Waals surface area contributed by atoms with Gasteiger partial charge in [0.1, 0.15) is 23.3 Å². The van der Waals surface area contributed by atoms with E-state index >= 15 is 4.39 Å². The van der Waals surface area contributed by atoms with Crippen molar-refractivity contribution in [2.24, 2.45) is 0 Å². The highest BCUT2D eigenvalue weighted by molar-refractivity contribution is 7.48. The van der Waals surface area contributed by atoms with E-state index in [4.69, 9.17) is 32.5 Å². The molecular formula is C52H54F10NO10P. The molecule has 402 valence electrons. The number of carbonyl (C=O) groups excluding carboxylic acids is 2. The van der Waals surface area contributed by atoms with Gasteiger partial charge in [-0.15, -0.1) is 0 Å². The Bertz CT molecular complexity index is 2670. The molecule has 0 saturated heterocycles. The minimum absolute atomic E-state index is 0.0406. The fourth-order valence-corrected chi connectivity index (χ4v) is 8.51.